The molecule has 1 atom stereocenters. The van der Waals surface area contributed by atoms with Gasteiger partial charge in [0.25, 0.3) is 0 Å². The molecule has 2 rings (SSSR count). The highest BCUT2D eigenvalue weighted by Crippen LogP contribution is 2.43. The second kappa shape index (κ2) is 5.93. The van der Waals surface area contributed by atoms with Crippen LogP contribution in [0.3, 0.4) is 0 Å². The van der Waals surface area contributed by atoms with E-state index in [1.807, 2.05) is 0 Å². The summed E-state index contributed by atoms with van der Waals surface area (Å²) in [5, 5.41) is 3.54. The summed E-state index contributed by atoms with van der Waals surface area (Å²) in [7, 11) is 8.19. The number of nitrogens with one attached hydrogen (secondary N) is 1. The lowest BCUT2D eigenvalue weighted by Crippen LogP contribution is -2.51. The van der Waals surface area contributed by atoms with E-state index in [0.717, 1.165) is 5.75 Å². The number of methoxy groups -OCH3 is 1. The Morgan fingerprint density at radius 2 is 1.74 bits per heavy atom. The van der Waals surface area contributed by atoms with Crippen molar-refractivity contribution in [2.24, 2.45) is 0 Å². The highest BCUT2D eigenvalue weighted by atomic mass is 16.5. The maximum absolute atomic E-state index is 5.25. The fourth-order valence-electron chi connectivity index (χ4n) is 3.52. The molecular weight excluding hydrogens is 236 g/mol. The molecule has 1 fully saturated rings. The minimum atomic E-state index is 0.239. The molecule has 0 aromatic heterocycles. The van der Waals surface area contributed by atoms with Crippen LogP contribution in [-0.4, -0.2) is 38.7 Å². The maximum Gasteiger partial charge on any atom is 0.118 e. The van der Waals surface area contributed by atoms with Crippen molar-refractivity contribution >= 4 is 0 Å². The van der Waals surface area contributed by atoms with Gasteiger partial charge in [0.05, 0.1) is 13.2 Å². The summed E-state index contributed by atoms with van der Waals surface area (Å²) < 4.78 is 5.25. The summed E-state index contributed by atoms with van der Waals surface area (Å²) in [6, 6.07) is 8.85. The molecular formula is C16H26N2O. The maximum atomic E-state index is 5.25. The SMILES string of the molecule is CNC(c1ccc(OC)cc1)C1(N(C)C)CCCC1. The number of nitrogens with zero attached hydrogens (tertiary/aromatic N) is 1. The average molecular weight is 262 g/mol. The zero-order chi connectivity index (χ0) is 13.9. The lowest BCUT2D eigenvalue weighted by atomic mass is 9.82. The van der Waals surface area contributed by atoms with Gasteiger partial charge in [-0.3, -0.25) is 0 Å². The first-order chi connectivity index (χ1) is 9.14. The standard InChI is InChI=1S/C16H26N2O/c1-17-15(13-7-9-14(19-4)10-8-13)16(18(2)3)11-5-6-12-16/h7-10,15,17H,5-6,11-12H2,1-4H3. The Morgan fingerprint density at radius 1 is 1.16 bits per heavy atom. The molecule has 0 radical (unpaired) electrons. The van der Waals surface area contributed by atoms with Gasteiger partial charge in [-0.25, -0.2) is 0 Å². The minimum Gasteiger partial charge on any atom is -0.497 e. The molecule has 3 heteroatoms. The molecule has 0 heterocycles. The summed E-state index contributed by atoms with van der Waals surface area (Å²) in [6.07, 6.45) is 5.17. The van der Waals surface area contributed by atoms with Gasteiger partial charge in [0.15, 0.2) is 0 Å². The van der Waals surface area contributed by atoms with Crippen molar-refractivity contribution in [2.45, 2.75) is 37.3 Å². The molecule has 0 spiro atoms. The predicted octanol–water partition coefficient (Wildman–Crippen LogP) is 2.83. The summed E-state index contributed by atoms with van der Waals surface area (Å²) in [5.41, 5.74) is 1.59. The van der Waals surface area contributed by atoms with Gasteiger partial charge in [0.1, 0.15) is 5.75 Å². The first kappa shape index (κ1) is 14.4. The van der Waals surface area contributed by atoms with Crippen molar-refractivity contribution < 1.29 is 4.74 Å². The molecule has 1 N–H and O–H groups in total. The topological polar surface area (TPSA) is 24.5 Å². The molecule has 0 bridgehead atoms. The molecule has 106 valence electrons. The summed E-state index contributed by atoms with van der Waals surface area (Å²) >= 11 is 0. The monoisotopic (exact) mass is 262 g/mol. The van der Waals surface area contributed by atoms with Gasteiger partial charge in [-0.2, -0.15) is 0 Å². The largest absolute Gasteiger partial charge is 0.497 e. The normalized spacial score (nSPS) is 19.6. The molecule has 19 heavy (non-hydrogen) atoms. The first-order valence-electron chi connectivity index (χ1n) is 7.12. The van der Waals surface area contributed by atoms with E-state index >= 15 is 0 Å². The molecule has 1 aliphatic carbocycles. The van der Waals surface area contributed by atoms with E-state index in [1.54, 1.807) is 7.11 Å². The Kier molecular flexibility index (Phi) is 4.48. The minimum absolute atomic E-state index is 0.239. The number of hydrogen-bond acceptors (Lipinski definition) is 3. The van der Waals surface area contributed by atoms with Crippen LogP contribution in [0.15, 0.2) is 24.3 Å². The molecule has 1 saturated carbocycles. The zero-order valence-corrected chi connectivity index (χ0v) is 12.6. The van der Waals surface area contributed by atoms with E-state index in [4.69, 9.17) is 4.74 Å². The molecule has 0 saturated heterocycles. The van der Waals surface area contributed by atoms with E-state index in [1.165, 1.54) is 31.2 Å². The van der Waals surface area contributed by atoms with Crippen molar-refractivity contribution in [3.05, 3.63) is 29.8 Å². The predicted molar refractivity (Wildman–Crippen MR) is 79.7 cm³/mol. The van der Waals surface area contributed by atoms with Crippen LogP contribution >= 0.6 is 0 Å². The van der Waals surface area contributed by atoms with Gasteiger partial charge in [-0.15, -0.1) is 0 Å². The van der Waals surface area contributed by atoms with Crippen molar-refractivity contribution in [1.82, 2.24) is 10.2 Å². The summed E-state index contributed by atoms with van der Waals surface area (Å²) in [4.78, 5) is 2.41. The van der Waals surface area contributed by atoms with Crippen molar-refractivity contribution in [2.75, 3.05) is 28.3 Å². The lowest BCUT2D eigenvalue weighted by molar-refractivity contribution is 0.108. The van der Waals surface area contributed by atoms with Crippen LogP contribution < -0.4 is 10.1 Å². The third-order valence-electron chi connectivity index (χ3n) is 4.64. The van der Waals surface area contributed by atoms with Gasteiger partial charge in [-0.1, -0.05) is 25.0 Å². The fraction of sp³-hybridized carbons (Fsp3) is 0.625. The van der Waals surface area contributed by atoms with E-state index in [0.29, 0.717) is 6.04 Å². The van der Waals surface area contributed by atoms with Crippen LogP contribution in [0.1, 0.15) is 37.3 Å². The molecule has 1 aromatic carbocycles. The van der Waals surface area contributed by atoms with Gasteiger partial charge in [0.2, 0.25) is 0 Å². The van der Waals surface area contributed by atoms with Crippen LogP contribution in [0.25, 0.3) is 0 Å². The average Bonchev–Trinajstić information content (AvgIpc) is 2.91. The Balaban J connectivity index is 2.31. The van der Waals surface area contributed by atoms with Crippen molar-refractivity contribution in [3.63, 3.8) is 0 Å². The summed E-state index contributed by atoms with van der Waals surface area (Å²) in [6.45, 7) is 0. The van der Waals surface area contributed by atoms with Crippen LogP contribution in [0.5, 0.6) is 5.75 Å². The van der Waals surface area contributed by atoms with E-state index in [9.17, 15) is 0 Å². The Bertz CT molecular complexity index is 394. The van der Waals surface area contributed by atoms with Gasteiger partial charge in [-0.05, 0) is 51.7 Å². The molecule has 1 aliphatic rings. The van der Waals surface area contributed by atoms with Crippen molar-refractivity contribution in [3.8, 4) is 5.75 Å². The molecule has 0 amide bonds. The first-order valence-corrected chi connectivity index (χ1v) is 7.12. The van der Waals surface area contributed by atoms with E-state index < -0.39 is 0 Å². The third kappa shape index (κ3) is 2.63. The smallest absolute Gasteiger partial charge is 0.118 e. The van der Waals surface area contributed by atoms with Gasteiger partial charge >= 0.3 is 0 Å². The Hall–Kier alpha value is -1.06. The fourth-order valence-corrected chi connectivity index (χ4v) is 3.52. The Labute approximate surface area is 116 Å². The highest BCUT2D eigenvalue weighted by molar-refractivity contribution is 5.31. The van der Waals surface area contributed by atoms with Crippen molar-refractivity contribution in [1.29, 1.82) is 0 Å². The number of likely N-dealkylation sites (N-methyl/N-ethyl adjacent to an activating group) is 2. The number of rotatable bonds is 5. The number of ether oxygens (including phenoxy) is 1. The van der Waals surface area contributed by atoms with E-state index in [2.05, 4.69) is 55.6 Å². The Morgan fingerprint density at radius 3 is 2.16 bits per heavy atom. The second-order valence-electron chi connectivity index (χ2n) is 5.70. The van der Waals surface area contributed by atoms with Crippen LogP contribution in [0.2, 0.25) is 0 Å². The molecule has 0 aliphatic heterocycles. The number of hydrogen-bond donors (Lipinski definition) is 1. The van der Waals surface area contributed by atoms with Gasteiger partial charge in [0, 0.05) is 5.54 Å². The molecule has 3 nitrogen and oxygen atoms in total. The van der Waals surface area contributed by atoms with Crippen LogP contribution in [-0.2, 0) is 0 Å². The molecule has 1 unspecified atom stereocenters. The van der Waals surface area contributed by atoms with Gasteiger partial charge < -0.3 is 15.0 Å². The van der Waals surface area contributed by atoms with E-state index in [-0.39, 0.29) is 5.54 Å². The number of benzene rings is 1. The van der Waals surface area contributed by atoms with Crippen LogP contribution in [0, 0.1) is 0 Å². The quantitative estimate of drug-likeness (QED) is 0.883. The zero-order valence-electron chi connectivity index (χ0n) is 12.6. The second-order valence-corrected chi connectivity index (χ2v) is 5.70. The summed E-state index contributed by atoms with van der Waals surface area (Å²) in [5.74, 6) is 0.920. The van der Waals surface area contributed by atoms with Crippen LogP contribution in [0.4, 0.5) is 0 Å². The molecule has 1 aromatic rings. The lowest BCUT2D eigenvalue weighted by Gasteiger charge is -2.43. The third-order valence-corrected chi connectivity index (χ3v) is 4.64. The highest BCUT2D eigenvalue weighted by Gasteiger charge is 2.43.